The van der Waals surface area contributed by atoms with Gasteiger partial charge in [-0.1, -0.05) is 25.5 Å². The highest BCUT2D eigenvalue weighted by Gasteiger charge is 2.25. The van der Waals surface area contributed by atoms with Crippen LogP contribution >= 0.6 is 0 Å². The lowest BCUT2D eigenvalue weighted by Crippen LogP contribution is -2.21. The zero-order valence-corrected chi connectivity index (χ0v) is 11.0. The minimum absolute atomic E-state index is 0.592. The fourth-order valence-electron chi connectivity index (χ4n) is 2.81. The van der Waals surface area contributed by atoms with E-state index < -0.39 is 0 Å². The molecule has 1 fully saturated rings. The van der Waals surface area contributed by atoms with Crippen molar-refractivity contribution in [3.63, 3.8) is 0 Å². The van der Waals surface area contributed by atoms with Gasteiger partial charge in [0.05, 0.1) is 11.0 Å². The molecule has 3 nitrogen and oxygen atoms in total. The molecule has 18 heavy (non-hydrogen) atoms. The summed E-state index contributed by atoms with van der Waals surface area (Å²) in [5.74, 6) is 1.77. The van der Waals surface area contributed by atoms with Crippen LogP contribution < -0.4 is 0 Å². The number of rotatable bonds is 4. The number of aromatic amines is 1. The highest BCUT2D eigenvalue weighted by molar-refractivity contribution is 5.74. The number of nitrogens with zero attached hydrogens (tertiary/aromatic N) is 2. The predicted octanol–water partition coefficient (Wildman–Crippen LogP) is 3.15. The molecule has 0 aliphatic carbocycles. The van der Waals surface area contributed by atoms with Crippen LogP contribution in [0.2, 0.25) is 0 Å². The number of likely N-dealkylation sites (tertiary alicyclic amines) is 1. The Hall–Kier alpha value is -1.35. The minimum Gasteiger partial charge on any atom is -0.342 e. The van der Waals surface area contributed by atoms with Gasteiger partial charge in [0, 0.05) is 12.5 Å². The molecule has 3 rings (SSSR count). The minimum atomic E-state index is 0.592. The molecule has 3 heteroatoms. The topological polar surface area (TPSA) is 31.9 Å². The van der Waals surface area contributed by atoms with E-state index in [1.807, 2.05) is 0 Å². The third kappa shape index (κ3) is 2.27. The predicted molar refractivity (Wildman–Crippen MR) is 74.8 cm³/mol. The monoisotopic (exact) mass is 243 g/mol. The summed E-state index contributed by atoms with van der Waals surface area (Å²) in [6, 6.07) is 8.30. The van der Waals surface area contributed by atoms with E-state index in [0.717, 1.165) is 5.52 Å². The number of imidazole rings is 1. The number of unbranched alkanes of at least 4 members (excludes halogenated alkanes) is 1. The molecular formula is C15H21N3. The van der Waals surface area contributed by atoms with Crippen molar-refractivity contribution in [3.8, 4) is 0 Å². The highest BCUT2D eigenvalue weighted by Crippen LogP contribution is 2.26. The largest absolute Gasteiger partial charge is 0.342 e. The summed E-state index contributed by atoms with van der Waals surface area (Å²) in [7, 11) is 0. The van der Waals surface area contributed by atoms with Crippen LogP contribution in [0, 0.1) is 0 Å². The quantitative estimate of drug-likeness (QED) is 0.894. The zero-order chi connectivity index (χ0) is 12.4. The Morgan fingerprint density at radius 2 is 2.28 bits per heavy atom. The van der Waals surface area contributed by atoms with Gasteiger partial charge in [-0.2, -0.15) is 0 Å². The number of benzene rings is 1. The molecule has 0 spiro atoms. The van der Waals surface area contributed by atoms with Gasteiger partial charge in [-0.3, -0.25) is 0 Å². The molecule has 1 atom stereocenters. The highest BCUT2D eigenvalue weighted by atomic mass is 15.2. The Labute approximate surface area is 108 Å². The van der Waals surface area contributed by atoms with E-state index in [0.29, 0.717) is 5.92 Å². The normalized spacial score (nSPS) is 20.8. The van der Waals surface area contributed by atoms with Crippen LogP contribution in [0.5, 0.6) is 0 Å². The van der Waals surface area contributed by atoms with Gasteiger partial charge in [0.1, 0.15) is 5.82 Å². The average molecular weight is 243 g/mol. The molecule has 1 saturated heterocycles. The number of para-hydroxylation sites is 2. The molecule has 0 amide bonds. The molecule has 1 aliphatic rings. The van der Waals surface area contributed by atoms with Crippen LogP contribution in [0.25, 0.3) is 11.0 Å². The van der Waals surface area contributed by atoms with Crippen molar-refractivity contribution in [2.75, 3.05) is 19.6 Å². The van der Waals surface area contributed by atoms with Gasteiger partial charge in [-0.25, -0.2) is 4.98 Å². The second-order valence-electron chi connectivity index (χ2n) is 5.28. The molecule has 96 valence electrons. The SMILES string of the molecule is CCCCN1CCC(c2nc3ccccc3[nH]2)C1. The first-order valence-electron chi connectivity index (χ1n) is 7.04. The van der Waals surface area contributed by atoms with Crippen molar-refractivity contribution in [3.05, 3.63) is 30.1 Å². The maximum Gasteiger partial charge on any atom is 0.111 e. The molecule has 0 bridgehead atoms. The Morgan fingerprint density at radius 3 is 3.11 bits per heavy atom. The molecule has 0 saturated carbocycles. The maximum atomic E-state index is 4.73. The first-order valence-corrected chi connectivity index (χ1v) is 7.04. The third-order valence-corrected chi connectivity index (χ3v) is 3.89. The van der Waals surface area contributed by atoms with E-state index in [1.165, 1.54) is 50.2 Å². The van der Waals surface area contributed by atoms with Crippen molar-refractivity contribution in [2.45, 2.75) is 32.1 Å². The summed E-state index contributed by atoms with van der Waals surface area (Å²) < 4.78 is 0. The van der Waals surface area contributed by atoms with Crippen LogP contribution in [0.4, 0.5) is 0 Å². The second kappa shape index (κ2) is 5.11. The fraction of sp³-hybridized carbons (Fsp3) is 0.533. The summed E-state index contributed by atoms with van der Waals surface area (Å²) in [6.45, 7) is 5.89. The van der Waals surface area contributed by atoms with E-state index in [2.05, 4.69) is 41.1 Å². The van der Waals surface area contributed by atoms with E-state index in [1.54, 1.807) is 0 Å². The lowest BCUT2D eigenvalue weighted by molar-refractivity contribution is 0.327. The Morgan fingerprint density at radius 1 is 1.39 bits per heavy atom. The summed E-state index contributed by atoms with van der Waals surface area (Å²) >= 11 is 0. The lowest BCUT2D eigenvalue weighted by atomic mass is 10.1. The van der Waals surface area contributed by atoms with Crippen molar-refractivity contribution in [1.82, 2.24) is 14.9 Å². The molecular weight excluding hydrogens is 222 g/mol. The molecule has 1 aromatic carbocycles. The van der Waals surface area contributed by atoms with Crippen LogP contribution in [-0.4, -0.2) is 34.5 Å². The van der Waals surface area contributed by atoms with Gasteiger partial charge < -0.3 is 9.88 Å². The Balaban J connectivity index is 1.72. The zero-order valence-electron chi connectivity index (χ0n) is 11.0. The fourth-order valence-corrected chi connectivity index (χ4v) is 2.81. The number of H-pyrrole nitrogens is 1. The first-order chi connectivity index (χ1) is 8.86. The summed E-state index contributed by atoms with van der Waals surface area (Å²) in [5.41, 5.74) is 2.26. The Bertz CT molecular complexity index is 484. The van der Waals surface area contributed by atoms with Gasteiger partial charge in [-0.15, -0.1) is 0 Å². The van der Waals surface area contributed by atoms with Gasteiger partial charge in [0.25, 0.3) is 0 Å². The summed E-state index contributed by atoms with van der Waals surface area (Å²) in [4.78, 5) is 10.8. The first kappa shape index (κ1) is 11.7. The van der Waals surface area contributed by atoms with E-state index in [4.69, 9.17) is 4.98 Å². The maximum absolute atomic E-state index is 4.73. The van der Waals surface area contributed by atoms with Crippen LogP contribution in [0.1, 0.15) is 37.9 Å². The van der Waals surface area contributed by atoms with E-state index >= 15 is 0 Å². The molecule has 1 N–H and O–H groups in total. The standard InChI is InChI=1S/C15H21N3/c1-2-3-9-18-10-8-12(11-18)15-16-13-6-4-5-7-14(13)17-15/h4-7,12H,2-3,8-11H2,1H3,(H,16,17). The third-order valence-electron chi connectivity index (χ3n) is 3.89. The van der Waals surface area contributed by atoms with Crippen LogP contribution in [0.3, 0.4) is 0 Å². The molecule has 1 aromatic heterocycles. The molecule has 1 aliphatic heterocycles. The van der Waals surface area contributed by atoms with Crippen molar-refractivity contribution in [2.24, 2.45) is 0 Å². The van der Waals surface area contributed by atoms with Crippen molar-refractivity contribution in [1.29, 1.82) is 0 Å². The van der Waals surface area contributed by atoms with Crippen LogP contribution in [0.15, 0.2) is 24.3 Å². The molecule has 2 aromatic rings. The van der Waals surface area contributed by atoms with Crippen LogP contribution in [-0.2, 0) is 0 Å². The molecule has 1 unspecified atom stereocenters. The van der Waals surface area contributed by atoms with Crippen molar-refractivity contribution < 1.29 is 0 Å². The van der Waals surface area contributed by atoms with Gasteiger partial charge in [-0.05, 0) is 38.1 Å². The smallest absolute Gasteiger partial charge is 0.111 e. The van der Waals surface area contributed by atoms with E-state index in [9.17, 15) is 0 Å². The van der Waals surface area contributed by atoms with Gasteiger partial charge in [0.15, 0.2) is 0 Å². The Kier molecular flexibility index (Phi) is 3.33. The van der Waals surface area contributed by atoms with Crippen molar-refractivity contribution >= 4 is 11.0 Å². The van der Waals surface area contributed by atoms with E-state index in [-0.39, 0.29) is 0 Å². The number of fused-ring (bicyclic) bond motifs is 1. The number of hydrogen-bond donors (Lipinski definition) is 1. The van der Waals surface area contributed by atoms with Gasteiger partial charge >= 0.3 is 0 Å². The number of aromatic nitrogens is 2. The summed E-state index contributed by atoms with van der Waals surface area (Å²) in [5, 5.41) is 0. The average Bonchev–Trinajstić information content (AvgIpc) is 3.02. The summed E-state index contributed by atoms with van der Waals surface area (Å²) in [6.07, 6.45) is 3.84. The van der Waals surface area contributed by atoms with Gasteiger partial charge in [0.2, 0.25) is 0 Å². The number of hydrogen-bond acceptors (Lipinski definition) is 2. The lowest BCUT2D eigenvalue weighted by Gasteiger charge is -2.14. The number of nitrogens with one attached hydrogen (secondary N) is 1. The molecule has 0 radical (unpaired) electrons. The molecule has 2 heterocycles. The second-order valence-corrected chi connectivity index (χ2v) is 5.28.